The van der Waals surface area contributed by atoms with Gasteiger partial charge in [0.15, 0.2) is 18.2 Å². The van der Waals surface area contributed by atoms with Crippen LogP contribution in [0.5, 0.6) is 5.75 Å². The first kappa shape index (κ1) is 34.3. The van der Waals surface area contributed by atoms with Crippen molar-refractivity contribution < 1.29 is 34.1 Å². The molecular formula is C39H38NO7P. The third kappa shape index (κ3) is 6.82. The van der Waals surface area contributed by atoms with E-state index in [2.05, 4.69) is 6.58 Å². The average Bonchev–Trinajstić information content (AvgIpc) is 3.10. The number of allylic oxidation sites excluding steroid dienone is 1. The maximum atomic E-state index is 14.7. The summed E-state index contributed by atoms with van der Waals surface area (Å²) in [5, 5.41) is 22.4. The van der Waals surface area contributed by atoms with Crippen LogP contribution in [0.4, 0.5) is 0 Å². The van der Waals surface area contributed by atoms with Crippen LogP contribution in [-0.2, 0) is 14.4 Å². The lowest BCUT2D eigenvalue weighted by atomic mass is 9.79. The zero-order valence-electron chi connectivity index (χ0n) is 26.6. The molecule has 4 aromatic carbocycles. The minimum absolute atomic E-state index is 0.106. The molecule has 0 aromatic heterocycles. The molecule has 3 atom stereocenters. The Hall–Kier alpha value is -5.04. The monoisotopic (exact) mass is 663 g/mol. The maximum Gasteiger partial charge on any atom is 0.341 e. The molecule has 0 saturated carbocycles. The summed E-state index contributed by atoms with van der Waals surface area (Å²) in [7, 11) is 0. The van der Waals surface area contributed by atoms with E-state index in [-0.39, 0.29) is 24.4 Å². The van der Waals surface area contributed by atoms with Crippen LogP contribution >= 0.6 is 6.89 Å². The van der Waals surface area contributed by atoms with Gasteiger partial charge in [-0.05, 0) is 53.5 Å². The second-order valence-electron chi connectivity index (χ2n) is 11.6. The van der Waals surface area contributed by atoms with Crippen molar-refractivity contribution in [2.24, 2.45) is 5.92 Å². The standard InChI is InChI=1S/C39H38NO7P/c1-3-4-20-34(42)39(48(30-14-8-5-9-15-30,31-16-10-6-11-17-31)32-18-12-7-13-19-32)40-33(37(27(2)41)38(40)46)25-35(43)28-21-23-29(24-22-28)47-26-36(44)45/h3,5-19,21-24,27,33,37,41H,1,4,20,25-26H2,2H3,(H,44,45)/t27-,33-,37-/m1/s1. The highest BCUT2D eigenvalue weighted by molar-refractivity contribution is 7.96. The van der Waals surface area contributed by atoms with Gasteiger partial charge in [0.25, 0.3) is 0 Å². The van der Waals surface area contributed by atoms with Crippen molar-refractivity contribution in [1.82, 2.24) is 4.90 Å². The Balaban J connectivity index is 1.74. The Morgan fingerprint density at radius 3 is 1.79 bits per heavy atom. The number of aliphatic hydroxyl groups is 1. The summed E-state index contributed by atoms with van der Waals surface area (Å²) in [6, 6.07) is 34.5. The fourth-order valence-corrected chi connectivity index (χ4v) is 10.9. The van der Waals surface area contributed by atoms with Crippen LogP contribution in [-0.4, -0.2) is 62.7 Å². The van der Waals surface area contributed by atoms with Crippen molar-refractivity contribution in [3.63, 3.8) is 0 Å². The van der Waals surface area contributed by atoms with E-state index in [1.165, 1.54) is 36.1 Å². The van der Waals surface area contributed by atoms with Gasteiger partial charge >= 0.3 is 5.97 Å². The van der Waals surface area contributed by atoms with Gasteiger partial charge in [-0.2, -0.15) is 0 Å². The Morgan fingerprint density at radius 2 is 1.35 bits per heavy atom. The predicted molar refractivity (Wildman–Crippen MR) is 189 cm³/mol. The number of β-lactam (4-membered cyclic amide) rings is 1. The van der Waals surface area contributed by atoms with Crippen LogP contribution in [0, 0.1) is 5.92 Å². The number of Topliss-reactive ketones (excluding diaryl/α,β-unsaturated/α-hetero) is 2. The molecule has 0 bridgehead atoms. The molecule has 0 spiro atoms. The van der Waals surface area contributed by atoms with Gasteiger partial charge in [0, 0.05) is 25.3 Å². The molecular weight excluding hydrogens is 625 g/mol. The highest BCUT2D eigenvalue weighted by atomic mass is 31.2. The maximum absolute atomic E-state index is 14.7. The van der Waals surface area contributed by atoms with Crippen molar-refractivity contribution in [3.8, 4) is 5.75 Å². The molecule has 1 aliphatic rings. The smallest absolute Gasteiger partial charge is 0.341 e. The minimum atomic E-state index is -3.07. The van der Waals surface area contributed by atoms with Crippen LogP contribution in [0.25, 0.3) is 0 Å². The van der Waals surface area contributed by atoms with Gasteiger partial charge in [-0.25, -0.2) is 4.79 Å². The van der Waals surface area contributed by atoms with Crippen molar-refractivity contribution in [2.45, 2.75) is 38.3 Å². The molecule has 1 amide bonds. The molecule has 9 heteroatoms. The number of carbonyl (C=O) groups excluding carboxylic acids is 3. The number of hydrogen-bond acceptors (Lipinski definition) is 6. The molecule has 5 rings (SSSR count). The van der Waals surface area contributed by atoms with Gasteiger partial charge in [0.1, 0.15) is 5.75 Å². The number of aliphatic carboxylic acids is 1. The lowest BCUT2D eigenvalue weighted by Gasteiger charge is -2.51. The van der Waals surface area contributed by atoms with E-state index in [0.29, 0.717) is 23.2 Å². The van der Waals surface area contributed by atoms with E-state index < -0.39 is 43.4 Å². The number of benzene rings is 4. The molecule has 8 nitrogen and oxygen atoms in total. The molecule has 246 valence electrons. The van der Waals surface area contributed by atoms with Gasteiger partial charge in [-0.3, -0.25) is 14.4 Å². The first-order valence-electron chi connectivity index (χ1n) is 15.8. The summed E-state index contributed by atoms with van der Waals surface area (Å²) < 4.78 is 5.21. The first-order valence-corrected chi connectivity index (χ1v) is 17.6. The number of carboxylic acids is 1. The Labute approximate surface area is 280 Å². The number of ketones is 2. The van der Waals surface area contributed by atoms with Crippen molar-refractivity contribution in [2.75, 3.05) is 6.61 Å². The van der Waals surface area contributed by atoms with Gasteiger partial charge in [0.2, 0.25) is 5.91 Å². The van der Waals surface area contributed by atoms with Crippen LogP contribution in [0.1, 0.15) is 36.5 Å². The van der Waals surface area contributed by atoms with Crippen LogP contribution in [0.3, 0.4) is 0 Å². The van der Waals surface area contributed by atoms with E-state index in [9.17, 15) is 24.3 Å². The van der Waals surface area contributed by atoms with Crippen molar-refractivity contribution in [3.05, 3.63) is 133 Å². The Bertz CT molecular complexity index is 1730. The van der Waals surface area contributed by atoms with Crippen molar-refractivity contribution in [1.29, 1.82) is 0 Å². The van der Waals surface area contributed by atoms with Crippen LogP contribution < -0.4 is 20.7 Å². The largest absolute Gasteiger partial charge is 0.482 e. The number of rotatable bonds is 15. The minimum Gasteiger partial charge on any atom is -0.482 e. The molecule has 1 saturated heterocycles. The molecule has 1 heterocycles. The number of amides is 1. The van der Waals surface area contributed by atoms with E-state index in [0.717, 1.165) is 15.9 Å². The molecule has 1 aliphatic heterocycles. The van der Waals surface area contributed by atoms with Gasteiger partial charge < -0.3 is 19.8 Å². The first-order chi connectivity index (χ1) is 23.2. The lowest BCUT2D eigenvalue weighted by molar-refractivity contribution is -0.155. The Morgan fingerprint density at radius 1 is 0.854 bits per heavy atom. The summed E-state index contributed by atoms with van der Waals surface area (Å²) in [6.45, 7) is 1.76. The normalized spacial score (nSPS) is 16.4. The summed E-state index contributed by atoms with van der Waals surface area (Å²) in [4.78, 5) is 55.2. The summed E-state index contributed by atoms with van der Waals surface area (Å²) >= 11 is 0. The van der Waals surface area contributed by atoms with Gasteiger partial charge in [-0.15, -0.1) is 6.58 Å². The lowest BCUT2D eigenvalue weighted by Crippen LogP contribution is -2.68. The fraction of sp³-hybridized carbons (Fsp3) is 0.205. The quantitative estimate of drug-likeness (QED) is 0.0827. The number of carboxylic acid groups (broad SMARTS) is 1. The highest BCUT2D eigenvalue weighted by Gasteiger charge is 2.55. The topological polar surface area (TPSA) is 121 Å². The second-order valence-corrected chi connectivity index (χ2v) is 14.9. The van der Waals surface area contributed by atoms with E-state index in [1.807, 2.05) is 91.0 Å². The average molecular weight is 664 g/mol. The van der Waals surface area contributed by atoms with Gasteiger partial charge in [-0.1, -0.05) is 97.1 Å². The Kier molecular flexibility index (Phi) is 10.9. The number of hydrogen-bond donors (Lipinski definition) is 2. The van der Waals surface area contributed by atoms with E-state index in [1.54, 1.807) is 6.08 Å². The zero-order chi connectivity index (χ0) is 34.3. The SMILES string of the molecule is C=CCCC(=O)C(N1C(=O)[C@H]([C@@H](C)O)[C@H]1CC(=O)c1ccc(OCC(=O)O)cc1)=P(c1ccccc1)(c1ccccc1)c1ccccc1. The summed E-state index contributed by atoms with van der Waals surface area (Å²) in [6.07, 6.45) is 0.954. The molecule has 1 fully saturated rings. The molecule has 4 aromatic rings. The van der Waals surface area contributed by atoms with E-state index >= 15 is 0 Å². The molecule has 0 radical (unpaired) electrons. The zero-order valence-corrected chi connectivity index (χ0v) is 27.5. The number of likely N-dealkylation sites (tertiary alicyclic amines) is 1. The third-order valence-corrected chi connectivity index (χ3v) is 12.8. The predicted octanol–water partition coefficient (Wildman–Crippen LogP) is 4.59. The number of aliphatic hydroxyl groups excluding tert-OH is 1. The molecule has 2 N–H and O–H groups in total. The third-order valence-electron chi connectivity index (χ3n) is 8.52. The van der Waals surface area contributed by atoms with E-state index in [4.69, 9.17) is 9.84 Å². The van der Waals surface area contributed by atoms with Crippen LogP contribution in [0.15, 0.2) is 128 Å². The van der Waals surface area contributed by atoms with Gasteiger partial charge in [0.05, 0.1) is 23.5 Å². The molecule has 0 unspecified atom stereocenters. The van der Waals surface area contributed by atoms with Crippen LogP contribution in [0.2, 0.25) is 0 Å². The highest BCUT2D eigenvalue weighted by Crippen LogP contribution is 2.50. The number of ether oxygens (including phenoxy) is 1. The number of nitrogens with zero attached hydrogens (tertiary/aromatic N) is 1. The summed E-state index contributed by atoms with van der Waals surface area (Å²) in [5.74, 6) is -2.66. The van der Waals surface area contributed by atoms with Crippen molar-refractivity contribution >= 4 is 51.7 Å². The fourth-order valence-electron chi connectivity index (χ4n) is 6.36. The summed E-state index contributed by atoms with van der Waals surface area (Å²) in [5.41, 5.74) is 0.654. The second kappa shape index (κ2) is 15.2. The molecule has 48 heavy (non-hydrogen) atoms. The number of carbonyl (C=O) groups is 4. The molecule has 0 aliphatic carbocycles.